The first-order valence-corrected chi connectivity index (χ1v) is 6.03. The predicted octanol–water partition coefficient (Wildman–Crippen LogP) is 2.08. The fourth-order valence-electron chi connectivity index (χ4n) is 2.12. The molecule has 0 spiro atoms. The highest BCUT2D eigenvalue weighted by atomic mass is 16.4. The first-order chi connectivity index (χ1) is 9.13. The van der Waals surface area contributed by atoms with Crippen LogP contribution in [0, 0.1) is 6.92 Å². The molecule has 1 N–H and O–H groups in total. The maximum absolute atomic E-state index is 10.9. The highest BCUT2D eigenvalue weighted by Gasteiger charge is 2.25. The summed E-state index contributed by atoms with van der Waals surface area (Å²) >= 11 is 0. The Balaban J connectivity index is 1.93. The Bertz CT molecular complexity index is 636. The summed E-state index contributed by atoms with van der Waals surface area (Å²) in [6, 6.07) is 3.80. The highest BCUT2D eigenvalue weighted by molar-refractivity contribution is 5.65. The Kier molecular flexibility index (Phi) is 2.70. The van der Waals surface area contributed by atoms with Crippen LogP contribution in [0.3, 0.4) is 0 Å². The van der Waals surface area contributed by atoms with E-state index in [1.54, 1.807) is 6.20 Å². The highest BCUT2D eigenvalue weighted by Crippen LogP contribution is 2.25. The van der Waals surface area contributed by atoms with Crippen molar-refractivity contribution in [1.82, 2.24) is 14.9 Å². The summed E-state index contributed by atoms with van der Waals surface area (Å²) in [6.07, 6.45) is 1.35. The second kappa shape index (κ2) is 4.38. The second-order valence-electron chi connectivity index (χ2n) is 4.56. The Labute approximate surface area is 109 Å². The molecule has 1 aliphatic heterocycles. The van der Waals surface area contributed by atoms with Crippen LogP contribution in [0.25, 0.3) is 11.6 Å². The number of rotatable bonds is 1. The summed E-state index contributed by atoms with van der Waals surface area (Å²) in [5.74, 6) is 1.08. The van der Waals surface area contributed by atoms with E-state index in [2.05, 4.69) is 9.97 Å². The standard InChI is InChI=1S/C13H13N3O3/c1-8-2-4-14-10(6-8)12-15-9-3-5-16(13(17)18)7-11(9)19-12/h2,4,6H,3,5,7H2,1H3,(H,17,18). The minimum atomic E-state index is -0.933. The molecule has 1 amide bonds. The first kappa shape index (κ1) is 11.7. The van der Waals surface area contributed by atoms with Gasteiger partial charge in [-0.3, -0.25) is 4.98 Å². The van der Waals surface area contributed by atoms with Crippen LogP contribution in [0.4, 0.5) is 4.79 Å². The number of nitrogens with zero attached hydrogens (tertiary/aromatic N) is 3. The van der Waals surface area contributed by atoms with Crippen LogP contribution < -0.4 is 0 Å². The largest absolute Gasteiger partial charge is 0.465 e. The van der Waals surface area contributed by atoms with Gasteiger partial charge in [0.05, 0.1) is 12.2 Å². The number of aryl methyl sites for hydroxylation is 1. The number of amides is 1. The molecule has 3 rings (SSSR count). The van der Waals surface area contributed by atoms with Gasteiger partial charge in [-0.05, 0) is 24.6 Å². The van der Waals surface area contributed by atoms with Gasteiger partial charge in [0, 0.05) is 19.2 Å². The van der Waals surface area contributed by atoms with Gasteiger partial charge in [0.25, 0.3) is 0 Å². The average molecular weight is 259 g/mol. The van der Waals surface area contributed by atoms with E-state index < -0.39 is 6.09 Å². The van der Waals surface area contributed by atoms with Crippen molar-refractivity contribution < 1.29 is 14.3 Å². The SMILES string of the molecule is Cc1ccnc(-c2nc3c(o2)CN(C(=O)O)CC3)c1. The number of oxazole rings is 1. The number of pyridine rings is 1. The molecule has 6 nitrogen and oxygen atoms in total. The normalized spacial score (nSPS) is 14.3. The average Bonchev–Trinajstić information content (AvgIpc) is 2.81. The van der Waals surface area contributed by atoms with Gasteiger partial charge in [-0.25, -0.2) is 9.78 Å². The number of carboxylic acid groups (broad SMARTS) is 1. The fourth-order valence-corrected chi connectivity index (χ4v) is 2.12. The van der Waals surface area contributed by atoms with Crippen LogP contribution in [0.15, 0.2) is 22.7 Å². The zero-order valence-electron chi connectivity index (χ0n) is 10.5. The lowest BCUT2D eigenvalue weighted by Gasteiger charge is -2.21. The van der Waals surface area contributed by atoms with E-state index in [9.17, 15) is 4.79 Å². The molecule has 2 aromatic rings. The molecule has 0 radical (unpaired) electrons. The molecule has 98 valence electrons. The van der Waals surface area contributed by atoms with Crippen molar-refractivity contribution in [2.24, 2.45) is 0 Å². The summed E-state index contributed by atoms with van der Waals surface area (Å²) in [7, 11) is 0. The van der Waals surface area contributed by atoms with Crippen molar-refractivity contribution in [3.05, 3.63) is 35.3 Å². The minimum Gasteiger partial charge on any atom is -0.465 e. The van der Waals surface area contributed by atoms with Crippen molar-refractivity contribution in [2.45, 2.75) is 19.9 Å². The Morgan fingerprint density at radius 2 is 2.37 bits per heavy atom. The summed E-state index contributed by atoms with van der Waals surface area (Å²) < 4.78 is 5.65. The summed E-state index contributed by atoms with van der Waals surface area (Å²) in [6.45, 7) is 2.68. The van der Waals surface area contributed by atoms with Crippen molar-refractivity contribution >= 4 is 6.09 Å². The van der Waals surface area contributed by atoms with Crippen molar-refractivity contribution in [2.75, 3.05) is 6.54 Å². The van der Waals surface area contributed by atoms with Crippen LogP contribution in [0.2, 0.25) is 0 Å². The molecule has 1 aliphatic rings. The molecule has 0 saturated carbocycles. The quantitative estimate of drug-likeness (QED) is 0.848. The summed E-state index contributed by atoms with van der Waals surface area (Å²) in [5.41, 5.74) is 2.58. The van der Waals surface area contributed by atoms with E-state index in [1.165, 1.54) is 4.90 Å². The molecule has 19 heavy (non-hydrogen) atoms. The number of hydrogen-bond acceptors (Lipinski definition) is 4. The van der Waals surface area contributed by atoms with Crippen LogP contribution in [0.1, 0.15) is 17.0 Å². The lowest BCUT2D eigenvalue weighted by molar-refractivity contribution is 0.135. The molecule has 0 bridgehead atoms. The first-order valence-electron chi connectivity index (χ1n) is 6.03. The van der Waals surface area contributed by atoms with Crippen molar-refractivity contribution in [1.29, 1.82) is 0 Å². The molecule has 3 heterocycles. The molecule has 0 aliphatic carbocycles. The summed E-state index contributed by atoms with van der Waals surface area (Å²) in [4.78, 5) is 20.9. The van der Waals surface area contributed by atoms with E-state index in [-0.39, 0.29) is 6.54 Å². The number of aromatic nitrogens is 2. The molecule has 0 fully saturated rings. The van der Waals surface area contributed by atoms with Crippen LogP contribution in [0.5, 0.6) is 0 Å². The molecule has 0 saturated heterocycles. The molecule has 0 atom stereocenters. The molecule has 0 aromatic carbocycles. The van der Waals surface area contributed by atoms with Crippen LogP contribution in [-0.2, 0) is 13.0 Å². The topological polar surface area (TPSA) is 79.5 Å². The Morgan fingerprint density at radius 1 is 1.53 bits per heavy atom. The van der Waals surface area contributed by atoms with E-state index in [1.807, 2.05) is 19.1 Å². The molecule has 6 heteroatoms. The van der Waals surface area contributed by atoms with Gasteiger partial charge in [0.1, 0.15) is 11.5 Å². The smallest absolute Gasteiger partial charge is 0.407 e. The minimum absolute atomic E-state index is 0.253. The second-order valence-corrected chi connectivity index (χ2v) is 4.56. The van der Waals surface area contributed by atoms with Gasteiger partial charge in [-0.1, -0.05) is 0 Å². The number of carbonyl (C=O) groups is 1. The predicted molar refractivity (Wildman–Crippen MR) is 66.6 cm³/mol. The van der Waals surface area contributed by atoms with Gasteiger partial charge in [0.15, 0.2) is 0 Å². The summed E-state index contributed by atoms with van der Waals surface area (Å²) in [5, 5.41) is 8.98. The Hall–Kier alpha value is -2.37. The fraction of sp³-hybridized carbons (Fsp3) is 0.308. The lowest BCUT2D eigenvalue weighted by Crippen LogP contribution is -2.34. The van der Waals surface area contributed by atoms with Gasteiger partial charge < -0.3 is 14.4 Å². The van der Waals surface area contributed by atoms with E-state index in [0.29, 0.717) is 30.3 Å². The Morgan fingerprint density at radius 3 is 3.11 bits per heavy atom. The van der Waals surface area contributed by atoms with E-state index in [4.69, 9.17) is 9.52 Å². The zero-order chi connectivity index (χ0) is 13.4. The van der Waals surface area contributed by atoms with Gasteiger partial charge in [-0.15, -0.1) is 0 Å². The monoisotopic (exact) mass is 259 g/mol. The maximum Gasteiger partial charge on any atom is 0.407 e. The lowest BCUT2D eigenvalue weighted by atomic mass is 10.2. The number of hydrogen-bond donors (Lipinski definition) is 1. The third kappa shape index (κ3) is 2.16. The molecular formula is C13H13N3O3. The van der Waals surface area contributed by atoms with Crippen molar-refractivity contribution in [3.63, 3.8) is 0 Å². The zero-order valence-corrected chi connectivity index (χ0v) is 10.5. The molecular weight excluding hydrogens is 246 g/mol. The van der Waals surface area contributed by atoms with Gasteiger partial charge >= 0.3 is 6.09 Å². The molecule has 0 unspecified atom stereocenters. The van der Waals surface area contributed by atoms with E-state index >= 15 is 0 Å². The van der Waals surface area contributed by atoms with Crippen LogP contribution >= 0.6 is 0 Å². The molecule has 2 aromatic heterocycles. The number of fused-ring (bicyclic) bond motifs is 1. The van der Waals surface area contributed by atoms with E-state index in [0.717, 1.165) is 11.3 Å². The van der Waals surface area contributed by atoms with Gasteiger partial charge in [0.2, 0.25) is 5.89 Å². The van der Waals surface area contributed by atoms with Gasteiger partial charge in [-0.2, -0.15) is 0 Å². The third-order valence-corrected chi connectivity index (χ3v) is 3.14. The maximum atomic E-state index is 10.9. The third-order valence-electron chi connectivity index (χ3n) is 3.14. The van der Waals surface area contributed by atoms with Crippen LogP contribution in [-0.4, -0.2) is 32.6 Å². The van der Waals surface area contributed by atoms with Crippen molar-refractivity contribution in [3.8, 4) is 11.6 Å².